The van der Waals surface area contributed by atoms with Gasteiger partial charge in [0.05, 0.1) is 16.6 Å². The molecule has 0 aliphatic heterocycles. The van der Waals surface area contributed by atoms with Gasteiger partial charge in [0.15, 0.2) is 0 Å². The van der Waals surface area contributed by atoms with Crippen LogP contribution in [0.5, 0.6) is 0 Å². The first kappa shape index (κ1) is 12.6. The molecule has 0 saturated heterocycles. The Hall–Kier alpha value is -1.84. The lowest BCUT2D eigenvalue weighted by atomic mass is 9.96. The van der Waals surface area contributed by atoms with Crippen LogP contribution in [0, 0.1) is 0 Å². The van der Waals surface area contributed by atoms with Crippen LogP contribution in [0.25, 0.3) is 11.0 Å². The van der Waals surface area contributed by atoms with Gasteiger partial charge in [0.25, 0.3) is 0 Å². The number of aromatic carboxylic acids is 1. The predicted octanol–water partition coefficient (Wildman–Crippen LogP) is 3.05. The van der Waals surface area contributed by atoms with Crippen LogP contribution in [-0.2, 0) is 12.0 Å². The van der Waals surface area contributed by atoms with Crippen molar-refractivity contribution in [1.29, 1.82) is 0 Å². The van der Waals surface area contributed by atoms with Crippen molar-refractivity contribution in [2.75, 3.05) is 0 Å². The molecule has 4 heteroatoms. The maximum absolute atomic E-state index is 11.0. The van der Waals surface area contributed by atoms with Crippen LogP contribution in [0.4, 0.5) is 0 Å². The van der Waals surface area contributed by atoms with Crippen LogP contribution < -0.4 is 0 Å². The first-order valence-corrected chi connectivity index (χ1v) is 6.08. The fourth-order valence-electron chi connectivity index (χ4n) is 2.16. The van der Waals surface area contributed by atoms with Gasteiger partial charge in [-0.1, -0.05) is 20.8 Å². The molecule has 0 aliphatic rings. The summed E-state index contributed by atoms with van der Waals surface area (Å²) in [5.74, 6) is 0.0720. The van der Waals surface area contributed by atoms with Crippen LogP contribution in [0.15, 0.2) is 18.2 Å². The molecule has 1 aromatic heterocycles. The Morgan fingerprint density at radius 1 is 1.39 bits per heavy atom. The zero-order valence-corrected chi connectivity index (χ0v) is 11.2. The number of carboxylic acids is 1. The predicted molar refractivity (Wildman–Crippen MR) is 71.1 cm³/mol. The summed E-state index contributed by atoms with van der Waals surface area (Å²) in [6.07, 6.45) is 0. The maximum atomic E-state index is 11.0. The van der Waals surface area contributed by atoms with E-state index in [1.165, 1.54) is 0 Å². The van der Waals surface area contributed by atoms with Crippen molar-refractivity contribution in [3.63, 3.8) is 0 Å². The van der Waals surface area contributed by atoms with Crippen LogP contribution >= 0.6 is 0 Å². The number of imidazole rings is 1. The maximum Gasteiger partial charge on any atom is 0.335 e. The molecule has 2 aromatic rings. The highest BCUT2D eigenvalue weighted by atomic mass is 16.4. The standard InChI is InChI=1S/C14H18N2O2/c1-5-16-11-7-6-9(12(17)18)8-10(11)15-13(16)14(2,3)4/h6-8H,5H2,1-4H3,(H,17,18). The van der Waals surface area contributed by atoms with E-state index in [9.17, 15) is 4.79 Å². The van der Waals surface area contributed by atoms with E-state index in [-0.39, 0.29) is 11.0 Å². The van der Waals surface area contributed by atoms with Crippen molar-refractivity contribution in [2.24, 2.45) is 0 Å². The monoisotopic (exact) mass is 246 g/mol. The van der Waals surface area contributed by atoms with Gasteiger partial charge in [-0.15, -0.1) is 0 Å². The summed E-state index contributed by atoms with van der Waals surface area (Å²) in [7, 11) is 0. The number of nitrogens with zero attached hydrogens (tertiary/aromatic N) is 2. The second-order valence-electron chi connectivity index (χ2n) is 5.44. The number of fused-ring (bicyclic) bond motifs is 1. The molecule has 4 nitrogen and oxygen atoms in total. The second-order valence-corrected chi connectivity index (χ2v) is 5.44. The molecule has 0 saturated carbocycles. The highest BCUT2D eigenvalue weighted by Crippen LogP contribution is 2.26. The van der Waals surface area contributed by atoms with E-state index in [1.54, 1.807) is 12.1 Å². The highest BCUT2D eigenvalue weighted by Gasteiger charge is 2.22. The van der Waals surface area contributed by atoms with Gasteiger partial charge in [-0.2, -0.15) is 0 Å². The van der Waals surface area contributed by atoms with E-state index in [1.807, 2.05) is 6.07 Å². The third-order valence-electron chi connectivity index (χ3n) is 2.98. The first-order chi connectivity index (χ1) is 8.34. The third-order valence-corrected chi connectivity index (χ3v) is 2.98. The molecule has 18 heavy (non-hydrogen) atoms. The number of rotatable bonds is 2. The number of aryl methyl sites for hydroxylation is 1. The van der Waals surface area contributed by atoms with Gasteiger partial charge in [0, 0.05) is 12.0 Å². The molecule has 0 unspecified atom stereocenters. The molecule has 0 atom stereocenters. The molecule has 96 valence electrons. The zero-order chi connectivity index (χ0) is 13.5. The molecule has 1 heterocycles. The van der Waals surface area contributed by atoms with Gasteiger partial charge in [0.1, 0.15) is 5.82 Å². The van der Waals surface area contributed by atoms with Crippen molar-refractivity contribution in [3.8, 4) is 0 Å². The number of hydrogen-bond acceptors (Lipinski definition) is 2. The van der Waals surface area contributed by atoms with Crippen LogP contribution in [-0.4, -0.2) is 20.6 Å². The van der Waals surface area contributed by atoms with E-state index in [4.69, 9.17) is 5.11 Å². The SMILES string of the molecule is CCn1c(C(C)(C)C)nc2cc(C(=O)O)ccc21. The number of carbonyl (C=O) groups is 1. The van der Waals surface area contributed by atoms with E-state index in [2.05, 4.69) is 37.2 Å². The average molecular weight is 246 g/mol. The highest BCUT2D eigenvalue weighted by molar-refractivity contribution is 5.92. The lowest BCUT2D eigenvalue weighted by Crippen LogP contribution is -2.18. The molecule has 0 amide bonds. The van der Waals surface area contributed by atoms with Crippen molar-refractivity contribution in [1.82, 2.24) is 9.55 Å². The molecular weight excluding hydrogens is 228 g/mol. The van der Waals surface area contributed by atoms with Crippen molar-refractivity contribution < 1.29 is 9.90 Å². The Balaban J connectivity index is 2.72. The lowest BCUT2D eigenvalue weighted by Gasteiger charge is -2.19. The third kappa shape index (κ3) is 1.98. The van der Waals surface area contributed by atoms with Gasteiger partial charge >= 0.3 is 5.97 Å². The molecular formula is C14H18N2O2. The van der Waals surface area contributed by atoms with Crippen molar-refractivity contribution >= 4 is 17.0 Å². The Labute approximate surface area is 106 Å². The minimum atomic E-state index is -0.916. The number of aromatic nitrogens is 2. The number of benzene rings is 1. The van der Waals surface area contributed by atoms with E-state index in [0.29, 0.717) is 0 Å². The quantitative estimate of drug-likeness (QED) is 0.886. The summed E-state index contributed by atoms with van der Waals surface area (Å²) in [6.45, 7) is 9.23. The average Bonchev–Trinajstić information content (AvgIpc) is 2.65. The molecule has 0 fully saturated rings. The zero-order valence-electron chi connectivity index (χ0n) is 11.2. The van der Waals surface area contributed by atoms with E-state index in [0.717, 1.165) is 23.4 Å². The topological polar surface area (TPSA) is 55.1 Å². The van der Waals surface area contributed by atoms with Crippen LogP contribution in [0.1, 0.15) is 43.9 Å². The fraction of sp³-hybridized carbons (Fsp3) is 0.429. The minimum absolute atomic E-state index is 0.0571. The van der Waals surface area contributed by atoms with E-state index >= 15 is 0 Å². The molecule has 0 bridgehead atoms. The summed E-state index contributed by atoms with van der Waals surface area (Å²) >= 11 is 0. The van der Waals surface area contributed by atoms with Crippen molar-refractivity contribution in [2.45, 2.75) is 39.7 Å². The van der Waals surface area contributed by atoms with Gasteiger partial charge < -0.3 is 9.67 Å². The molecule has 0 spiro atoms. The normalized spacial score (nSPS) is 12.0. The van der Waals surface area contributed by atoms with Crippen LogP contribution in [0.2, 0.25) is 0 Å². The Kier molecular flexibility index (Phi) is 2.89. The van der Waals surface area contributed by atoms with E-state index < -0.39 is 5.97 Å². The molecule has 2 rings (SSSR count). The Bertz CT molecular complexity index is 606. The molecule has 1 aromatic carbocycles. The van der Waals surface area contributed by atoms with Gasteiger partial charge in [-0.05, 0) is 25.1 Å². The molecule has 1 N–H and O–H groups in total. The number of carboxylic acid groups (broad SMARTS) is 1. The smallest absolute Gasteiger partial charge is 0.335 e. The Morgan fingerprint density at radius 2 is 2.06 bits per heavy atom. The fourth-order valence-corrected chi connectivity index (χ4v) is 2.16. The van der Waals surface area contributed by atoms with Crippen molar-refractivity contribution in [3.05, 3.63) is 29.6 Å². The summed E-state index contributed by atoms with van der Waals surface area (Å²) in [4.78, 5) is 15.6. The van der Waals surface area contributed by atoms with Gasteiger partial charge in [-0.25, -0.2) is 9.78 Å². The summed E-state index contributed by atoms with van der Waals surface area (Å²) < 4.78 is 2.14. The first-order valence-electron chi connectivity index (χ1n) is 6.08. The summed E-state index contributed by atoms with van der Waals surface area (Å²) in [5, 5.41) is 9.00. The van der Waals surface area contributed by atoms with Gasteiger partial charge in [-0.3, -0.25) is 0 Å². The Morgan fingerprint density at radius 3 is 2.56 bits per heavy atom. The number of hydrogen-bond donors (Lipinski definition) is 1. The van der Waals surface area contributed by atoms with Gasteiger partial charge in [0.2, 0.25) is 0 Å². The molecule has 0 radical (unpaired) electrons. The largest absolute Gasteiger partial charge is 0.478 e. The minimum Gasteiger partial charge on any atom is -0.478 e. The molecule has 0 aliphatic carbocycles. The summed E-state index contributed by atoms with van der Waals surface area (Å²) in [6, 6.07) is 5.11. The lowest BCUT2D eigenvalue weighted by molar-refractivity contribution is 0.0697. The second kappa shape index (κ2) is 4.12. The van der Waals surface area contributed by atoms with Crippen LogP contribution in [0.3, 0.4) is 0 Å². The summed E-state index contributed by atoms with van der Waals surface area (Å²) in [5.41, 5.74) is 1.97.